The van der Waals surface area contributed by atoms with Gasteiger partial charge in [0.1, 0.15) is 5.75 Å². The van der Waals surface area contributed by atoms with E-state index in [1.165, 1.54) is 6.20 Å². The molecule has 0 saturated heterocycles. The van der Waals surface area contributed by atoms with Crippen LogP contribution in [0, 0.1) is 0 Å². The molecule has 1 aromatic carbocycles. The van der Waals surface area contributed by atoms with Crippen LogP contribution in [0.25, 0.3) is 0 Å². The van der Waals surface area contributed by atoms with Crippen molar-refractivity contribution >= 4 is 11.6 Å². The van der Waals surface area contributed by atoms with Crippen LogP contribution in [-0.2, 0) is 6.42 Å². The summed E-state index contributed by atoms with van der Waals surface area (Å²) in [5.74, 6) is -0.00489. The van der Waals surface area contributed by atoms with E-state index in [0.717, 1.165) is 12.0 Å². The van der Waals surface area contributed by atoms with E-state index in [9.17, 15) is 9.90 Å². The van der Waals surface area contributed by atoms with E-state index in [1.807, 2.05) is 6.92 Å². The molecular weight excluding hydrogens is 228 g/mol. The number of nitrogens with one attached hydrogen (secondary N) is 1. The predicted octanol–water partition coefficient (Wildman–Crippen LogP) is 2.60. The van der Waals surface area contributed by atoms with E-state index in [2.05, 4.69) is 10.3 Å². The maximum Gasteiger partial charge on any atom is 0.257 e. The summed E-state index contributed by atoms with van der Waals surface area (Å²) in [6.45, 7) is 1.97. The Balaban J connectivity index is 2.22. The number of amides is 1. The second-order valence-electron chi connectivity index (χ2n) is 3.89. The maximum absolute atomic E-state index is 12.0. The molecule has 0 aliphatic carbocycles. The third kappa shape index (κ3) is 2.66. The third-order valence-corrected chi connectivity index (χ3v) is 2.64. The van der Waals surface area contributed by atoms with Gasteiger partial charge in [-0.05, 0) is 42.3 Å². The average molecular weight is 242 g/mol. The fourth-order valence-corrected chi connectivity index (χ4v) is 1.69. The minimum atomic E-state index is -0.205. The Hall–Kier alpha value is -2.36. The molecule has 0 saturated carbocycles. The molecule has 0 radical (unpaired) electrons. The maximum atomic E-state index is 12.0. The summed E-state index contributed by atoms with van der Waals surface area (Å²) in [6.07, 6.45) is 3.87. The van der Waals surface area contributed by atoms with Crippen LogP contribution >= 0.6 is 0 Å². The summed E-state index contributed by atoms with van der Waals surface area (Å²) in [5.41, 5.74) is 2.11. The first-order valence-corrected chi connectivity index (χ1v) is 5.74. The van der Waals surface area contributed by atoms with Crippen LogP contribution in [0.15, 0.2) is 42.7 Å². The van der Waals surface area contributed by atoms with Gasteiger partial charge in [0.15, 0.2) is 0 Å². The number of nitrogens with zero attached hydrogens (tertiary/aromatic N) is 1. The Bertz CT molecular complexity index is 553. The van der Waals surface area contributed by atoms with Crippen molar-refractivity contribution in [2.45, 2.75) is 13.3 Å². The topological polar surface area (TPSA) is 62.2 Å². The van der Waals surface area contributed by atoms with Gasteiger partial charge in [-0.1, -0.05) is 6.92 Å². The lowest BCUT2D eigenvalue weighted by molar-refractivity contribution is 0.102. The van der Waals surface area contributed by atoms with Gasteiger partial charge in [-0.25, -0.2) is 0 Å². The number of pyridine rings is 1. The van der Waals surface area contributed by atoms with Crippen molar-refractivity contribution in [3.63, 3.8) is 0 Å². The molecule has 0 atom stereocenters. The lowest BCUT2D eigenvalue weighted by Gasteiger charge is -2.10. The molecule has 4 heteroatoms. The van der Waals surface area contributed by atoms with Gasteiger partial charge in [-0.3, -0.25) is 9.78 Å². The molecule has 1 heterocycles. The molecule has 4 nitrogen and oxygen atoms in total. The molecule has 1 amide bonds. The lowest BCUT2D eigenvalue weighted by atomic mass is 10.1. The lowest BCUT2D eigenvalue weighted by Crippen LogP contribution is -2.13. The standard InChI is InChI=1S/C14H14N2O2/c1-2-10-8-12(17)5-6-13(10)16-14(18)11-4-3-7-15-9-11/h3-9,17H,2H2,1H3,(H,16,18). The summed E-state index contributed by atoms with van der Waals surface area (Å²) in [5, 5.41) is 12.2. The van der Waals surface area contributed by atoms with Gasteiger partial charge < -0.3 is 10.4 Å². The molecule has 2 N–H and O–H groups in total. The van der Waals surface area contributed by atoms with Crippen molar-refractivity contribution in [3.8, 4) is 5.75 Å². The summed E-state index contributed by atoms with van der Waals surface area (Å²) in [7, 11) is 0. The zero-order valence-electron chi connectivity index (χ0n) is 10.1. The van der Waals surface area contributed by atoms with Gasteiger partial charge in [0.25, 0.3) is 5.91 Å². The number of benzene rings is 1. The third-order valence-electron chi connectivity index (χ3n) is 2.64. The molecule has 92 valence electrons. The van der Waals surface area contributed by atoms with Crippen LogP contribution in [0.1, 0.15) is 22.8 Å². The Kier molecular flexibility index (Phi) is 3.57. The van der Waals surface area contributed by atoms with E-state index < -0.39 is 0 Å². The van der Waals surface area contributed by atoms with Crippen LogP contribution in [0.4, 0.5) is 5.69 Å². The number of phenols is 1. The smallest absolute Gasteiger partial charge is 0.257 e. The van der Waals surface area contributed by atoms with Crippen LogP contribution in [0.2, 0.25) is 0 Å². The highest BCUT2D eigenvalue weighted by Gasteiger charge is 2.08. The summed E-state index contributed by atoms with van der Waals surface area (Å²) in [6, 6.07) is 8.32. The predicted molar refractivity (Wildman–Crippen MR) is 69.7 cm³/mol. The molecule has 18 heavy (non-hydrogen) atoms. The Morgan fingerprint density at radius 1 is 1.39 bits per heavy atom. The molecule has 0 unspecified atom stereocenters. The largest absolute Gasteiger partial charge is 0.508 e. The molecule has 2 rings (SSSR count). The van der Waals surface area contributed by atoms with Crippen LogP contribution in [0.3, 0.4) is 0 Å². The highest BCUT2D eigenvalue weighted by atomic mass is 16.3. The van der Waals surface area contributed by atoms with E-state index >= 15 is 0 Å². The average Bonchev–Trinajstić information content (AvgIpc) is 2.41. The molecule has 0 bridgehead atoms. The van der Waals surface area contributed by atoms with Crippen LogP contribution in [-0.4, -0.2) is 16.0 Å². The Morgan fingerprint density at radius 3 is 2.89 bits per heavy atom. The van der Waals surface area contributed by atoms with Crippen molar-refractivity contribution in [2.24, 2.45) is 0 Å². The second-order valence-corrected chi connectivity index (χ2v) is 3.89. The van der Waals surface area contributed by atoms with Gasteiger partial charge in [0, 0.05) is 18.1 Å². The summed E-state index contributed by atoms with van der Waals surface area (Å²) >= 11 is 0. The number of carbonyl (C=O) groups is 1. The van der Waals surface area contributed by atoms with Crippen LogP contribution in [0.5, 0.6) is 5.75 Å². The minimum Gasteiger partial charge on any atom is -0.508 e. The van der Waals surface area contributed by atoms with Gasteiger partial charge in [-0.2, -0.15) is 0 Å². The van der Waals surface area contributed by atoms with Gasteiger partial charge in [-0.15, -0.1) is 0 Å². The molecule has 0 aliphatic rings. The zero-order valence-corrected chi connectivity index (χ0v) is 10.1. The molecule has 1 aromatic heterocycles. The van der Waals surface area contributed by atoms with Crippen molar-refractivity contribution in [3.05, 3.63) is 53.9 Å². The number of aryl methyl sites for hydroxylation is 1. The van der Waals surface area contributed by atoms with Crippen molar-refractivity contribution in [1.82, 2.24) is 4.98 Å². The summed E-state index contributed by atoms with van der Waals surface area (Å²) < 4.78 is 0. The first kappa shape index (κ1) is 12.1. The molecule has 0 fully saturated rings. The Labute approximate surface area is 105 Å². The first-order chi connectivity index (χ1) is 8.70. The molecular formula is C14H14N2O2. The Morgan fingerprint density at radius 2 is 2.22 bits per heavy atom. The monoisotopic (exact) mass is 242 g/mol. The van der Waals surface area contributed by atoms with Crippen molar-refractivity contribution in [2.75, 3.05) is 5.32 Å². The SMILES string of the molecule is CCc1cc(O)ccc1NC(=O)c1cccnc1. The van der Waals surface area contributed by atoms with E-state index in [4.69, 9.17) is 0 Å². The van der Waals surface area contributed by atoms with E-state index in [0.29, 0.717) is 11.3 Å². The van der Waals surface area contributed by atoms with Gasteiger partial charge in [0.05, 0.1) is 5.56 Å². The quantitative estimate of drug-likeness (QED) is 0.813. The number of aromatic hydroxyl groups is 1. The second kappa shape index (κ2) is 5.31. The fourth-order valence-electron chi connectivity index (χ4n) is 1.69. The highest BCUT2D eigenvalue weighted by molar-refractivity contribution is 6.04. The molecule has 2 aromatic rings. The van der Waals surface area contributed by atoms with E-state index in [-0.39, 0.29) is 11.7 Å². The molecule has 0 spiro atoms. The van der Waals surface area contributed by atoms with Crippen LogP contribution < -0.4 is 5.32 Å². The number of hydrogen-bond acceptors (Lipinski definition) is 3. The normalized spacial score (nSPS) is 10.1. The van der Waals surface area contributed by atoms with E-state index in [1.54, 1.807) is 36.5 Å². The zero-order chi connectivity index (χ0) is 13.0. The van der Waals surface area contributed by atoms with Crippen molar-refractivity contribution in [1.29, 1.82) is 0 Å². The first-order valence-electron chi connectivity index (χ1n) is 5.74. The number of rotatable bonds is 3. The van der Waals surface area contributed by atoms with Gasteiger partial charge >= 0.3 is 0 Å². The number of phenolic OH excluding ortho intramolecular Hbond substituents is 1. The number of anilines is 1. The summed E-state index contributed by atoms with van der Waals surface area (Å²) in [4.78, 5) is 15.9. The van der Waals surface area contributed by atoms with Gasteiger partial charge in [0.2, 0.25) is 0 Å². The number of hydrogen-bond donors (Lipinski definition) is 2. The fraction of sp³-hybridized carbons (Fsp3) is 0.143. The number of aromatic nitrogens is 1. The van der Waals surface area contributed by atoms with Crippen molar-refractivity contribution < 1.29 is 9.90 Å². The minimum absolute atomic E-state index is 0.200. The number of carbonyl (C=O) groups excluding carboxylic acids is 1. The highest BCUT2D eigenvalue weighted by Crippen LogP contribution is 2.22. The molecule has 0 aliphatic heterocycles.